The van der Waals surface area contributed by atoms with Crippen LogP contribution >= 0.6 is 0 Å². The smallest absolute Gasteiger partial charge is 0.134 e. The third kappa shape index (κ3) is 9.57. The minimum Gasteiger partial charge on any atom is -0.387 e. The van der Waals surface area contributed by atoms with Gasteiger partial charge in [-0.25, -0.2) is 4.84 Å². The van der Waals surface area contributed by atoms with Crippen LogP contribution in [0.25, 0.3) is 0 Å². The first-order chi connectivity index (χ1) is 8.04. The number of hydrogen-bond acceptors (Lipinski definition) is 2. The molecule has 104 valence electrons. The Bertz CT molecular complexity index is 174. The molecular weight excluding hydrogens is 214 g/mol. The topological polar surface area (TPSA) is 29.5 Å². The normalized spacial score (nSPS) is 16.8. The molecule has 2 unspecified atom stereocenters. The average molecular weight is 246 g/mol. The third-order valence-electron chi connectivity index (χ3n) is 3.08. The molecule has 0 amide bonds. The van der Waals surface area contributed by atoms with E-state index >= 15 is 0 Å². The van der Waals surface area contributed by atoms with Gasteiger partial charge >= 0.3 is 0 Å². The molecular formula is C14H32NO2+. The van der Waals surface area contributed by atoms with Crippen molar-refractivity contribution in [2.24, 2.45) is 0 Å². The SMILES string of the molecule is CCCCCCCC[N+](C)(CC(C)O)OCC. The second-order valence-corrected chi connectivity index (χ2v) is 5.24. The molecule has 0 fully saturated rings. The van der Waals surface area contributed by atoms with Gasteiger partial charge in [0.1, 0.15) is 25.8 Å². The van der Waals surface area contributed by atoms with E-state index in [1.807, 2.05) is 13.8 Å². The molecule has 0 spiro atoms. The van der Waals surface area contributed by atoms with E-state index in [9.17, 15) is 5.11 Å². The average Bonchev–Trinajstić information content (AvgIpc) is 2.22. The minimum absolute atomic E-state index is 0.299. The van der Waals surface area contributed by atoms with Gasteiger partial charge in [0.2, 0.25) is 0 Å². The number of quaternary nitrogens is 1. The summed E-state index contributed by atoms with van der Waals surface area (Å²) >= 11 is 0. The second kappa shape index (κ2) is 9.86. The van der Waals surface area contributed by atoms with Crippen LogP contribution in [0.5, 0.6) is 0 Å². The fourth-order valence-corrected chi connectivity index (χ4v) is 2.31. The number of hydroxylamine groups is 3. The van der Waals surface area contributed by atoms with Crippen molar-refractivity contribution in [1.29, 1.82) is 0 Å². The summed E-state index contributed by atoms with van der Waals surface area (Å²) in [6, 6.07) is 0. The Morgan fingerprint density at radius 2 is 1.65 bits per heavy atom. The van der Waals surface area contributed by atoms with Crippen LogP contribution in [-0.4, -0.2) is 42.6 Å². The highest BCUT2D eigenvalue weighted by atomic mass is 16.7. The molecule has 0 aromatic rings. The van der Waals surface area contributed by atoms with Crippen LogP contribution in [0.1, 0.15) is 59.3 Å². The maximum Gasteiger partial charge on any atom is 0.134 e. The van der Waals surface area contributed by atoms with Crippen LogP contribution in [0.3, 0.4) is 0 Å². The van der Waals surface area contributed by atoms with Crippen molar-refractivity contribution in [3.63, 3.8) is 0 Å². The molecule has 0 bridgehead atoms. The highest BCUT2D eigenvalue weighted by molar-refractivity contribution is 4.46. The van der Waals surface area contributed by atoms with E-state index in [0.717, 1.165) is 6.54 Å². The second-order valence-electron chi connectivity index (χ2n) is 5.24. The van der Waals surface area contributed by atoms with Gasteiger partial charge in [0, 0.05) is 0 Å². The number of aliphatic hydroxyl groups is 1. The van der Waals surface area contributed by atoms with E-state index in [1.165, 1.54) is 38.5 Å². The van der Waals surface area contributed by atoms with Gasteiger partial charge in [0.05, 0.1) is 7.05 Å². The van der Waals surface area contributed by atoms with Crippen molar-refractivity contribution in [3.8, 4) is 0 Å². The van der Waals surface area contributed by atoms with Crippen LogP contribution in [0.15, 0.2) is 0 Å². The lowest BCUT2D eigenvalue weighted by Gasteiger charge is -2.32. The van der Waals surface area contributed by atoms with Gasteiger partial charge in [-0.15, -0.1) is 0 Å². The number of nitrogens with zero attached hydrogens (tertiary/aromatic N) is 1. The summed E-state index contributed by atoms with van der Waals surface area (Å²) < 4.78 is 0.544. The van der Waals surface area contributed by atoms with Gasteiger partial charge in [-0.1, -0.05) is 32.6 Å². The van der Waals surface area contributed by atoms with E-state index in [-0.39, 0.29) is 6.10 Å². The molecule has 0 radical (unpaired) electrons. The highest BCUT2D eigenvalue weighted by Crippen LogP contribution is 2.11. The van der Waals surface area contributed by atoms with Crippen molar-refractivity contribution in [1.82, 2.24) is 0 Å². The summed E-state index contributed by atoms with van der Waals surface area (Å²) in [5.74, 6) is 0. The molecule has 0 saturated heterocycles. The molecule has 3 heteroatoms. The van der Waals surface area contributed by atoms with Crippen LogP contribution in [0, 0.1) is 0 Å². The zero-order chi connectivity index (χ0) is 13.1. The van der Waals surface area contributed by atoms with Gasteiger partial charge in [-0.3, -0.25) is 0 Å². The third-order valence-corrected chi connectivity index (χ3v) is 3.08. The largest absolute Gasteiger partial charge is 0.387 e. The van der Waals surface area contributed by atoms with Crippen molar-refractivity contribution < 1.29 is 14.6 Å². The van der Waals surface area contributed by atoms with Crippen molar-refractivity contribution in [3.05, 3.63) is 0 Å². The zero-order valence-electron chi connectivity index (χ0n) is 12.2. The summed E-state index contributed by atoms with van der Waals surface area (Å²) in [6.45, 7) is 8.48. The zero-order valence-corrected chi connectivity index (χ0v) is 12.2. The fourth-order valence-electron chi connectivity index (χ4n) is 2.31. The van der Waals surface area contributed by atoms with Crippen LogP contribution in [-0.2, 0) is 4.84 Å². The first kappa shape index (κ1) is 16.9. The molecule has 0 heterocycles. The van der Waals surface area contributed by atoms with Crippen molar-refractivity contribution in [2.45, 2.75) is 65.4 Å². The first-order valence-corrected chi connectivity index (χ1v) is 7.21. The molecule has 0 saturated carbocycles. The number of hydrogen-bond donors (Lipinski definition) is 1. The van der Waals surface area contributed by atoms with Crippen LogP contribution in [0.4, 0.5) is 0 Å². The molecule has 0 aliphatic heterocycles. The summed E-state index contributed by atoms with van der Waals surface area (Å²) in [4.78, 5) is 5.75. The molecule has 0 aliphatic rings. The summed E-state index contributed by atoms with van der Waals surface area (Å²) in [5, 5.41) is 9.49. The van der Waals surface area contributed by atoms with E-state index < -0.39 is 0 Å². The molecule has 3 nitrogen and oxygen atoms in total. The maximum absolute atomic E-state index is 9.49. The van der Waals surface area contributed by atoms with E-state index in [0.29, 0.717) is 17.8 Å². The number of unbranched alkanes of at least 4 members (excludes halogenated alkanes) is 5. The summed E-state index contributed by atoms with van der Waals surface area (Å²) in [6.07, 6.45) is 7.50. The van der Waals surface area contributed by atoms with E-state index in [1.54, 1.807) is 0 Å². The van der Waals surface area contributed by atoms with Crippen LogP contribution < -0.4 is 0 Å². The number of likely N-dealkylation sites (N-methyl/N-ethyl adjacent to an activating group) is 1. The quantitative estimate of drug-likeness (QED) is 0.345. The van der Waals surface area contributed by atoms with E-state index in [4.69, 9.17) is 4.84 Å². The lowest BCUT2D eigenvalue weighted by Crippen LogP contribution is -2.48. The Labute approximate surface area is 107 Å². The molecule has 17 heavy (non-hydrogen) atoms. The fraction of sp³-hybridized carbons (Fsp3) is 1.00. The molecule has 0 aromatic carbocycles. The molecule has 0 aromatic heterocycles. The Kier molecular flexibility index (Phi) is 9.79. The number of aliphatic hydroxyl groups excluding tert-OH is 1. The summed E-state index contributed by atoms with van der Waals surface area (Å²) in [5.41, 5.74) is 0. The van der Waals surface area contributed by atoms with Gasteiger partial charge in [0.15, 0.2) is 0 Å². The number of rotatable bonds is 11. The van der Waals surface area contributed by atoms with Crippen LogP contribution in [0.2, 0.25) is 0 Å². The maximum atomic E-state index is 9.49. The lowest BCUT2D eigenvalue weighted by molar-refractivity contribution is -1.09. The van der Waals surface area contributed by atoms with E-state index in [2.05, 4.69) is 14.0 Å². The Morgan fingerprint density at radius 1 is 1.06 bits per heavy atom. The first-order valence-electron chi connectivity index (χ1n) is 7.21. The molecule has 1 N–H and O–H groups in total. The standard InChI is InChI=1S/C14H32NO2/c1-5-7-8-9-10-11-12-15(4,17-6-2)13-14(3)16/h14,16H,5-13H2,1-4H3/q+1. The highest BCUT2D eigenvalue weighted by Gasteiger charge is 2.24. The predicted molar refractivity (Wildman–Crippen MR) is 72.6 cm³/mol. The van der Waals surface area contributed by atoms with Gasteiger partial charge in [-0.2, -0.15) is 4.65 Å². The Morgan fingerprint density at radius 3 is 2.18 bits per heavy atom. The minimum atomic E-state index is -0.299. The summed E-state index contributed by atoms with van der Waals surface area (Å²) in [7, 11) is 2.07. The van der Waals surface area contributed by atoms with Gasteiger partial charge in [0.25, 0.3) is 0 Å². The lowest BCUT2D eigenvalue weighted by atomic mass is 10.1. The van der Waals surface area contributed by atoms with Gasteiger partial charge in [-0.05, 0) is 26.7 Å². The van der Waals surface area contributed by atoms with Crippen molar-refractivity contribution in [2.75, 3.05) is 26.7 Å². The van der Waals surface area contributed by atoms with Crippen molar-refractivity contribution >= 4 is 0 Å². The predicted octanol–water partition coefficient (Wildman–Crippen LogP) is 3.13. The monoisotopic (exact) mass is 246 g/mol. The Balaban J connectivity index is 3.76. The molecule has 2 atom stereocenters. The Hall–Kier alpha value is -0.120. The van der Waals surface area contributed by atoms with Gasteiger partial charge < -0.3 is 5.11 Å². The molecule has 0 aliphatic carbocycles. The molecule has 0 rings (SSSR count).